The van der Waals surface area contributed by atoms with E-state index in [1.54, 1.807) is 6.08 Å². The Morgan fingerprint density at radius 1 is 0.486 bits per heavy atom. The van der Waals surface area contributed by atoms with E-state index in [0.717, 1.165) is 89.9 Å². The van der Waals surface area contributed by atoms with Gasteiger partial charge in [0.25, 0.3) is 7.82 Å². The predicted octanol–water partition coefficient (Wildman–Crippen LogP) is 18.1. The maximum Gasteiger partial charge on any atom is 0.268 e. The van der Waals surface area contributed by atoms with Gasteiger partial charge in [-0.1, -0.05) is 252 Å². The number of phosphoric acid groups is 1. The zero-order valence-corrected chi connectivity index (χ0v) is 49.4. The van der Waals surface area contributed by atoms with Gasteiger partial charge >= 0.3 is 0 Å². The van der Waals surface area contributed by atoms with Crippen molar-refractivity contribution in [2.24, 2.45) is 0 Å². The quantitative estimate of drug-likeness (QED) is 0.0272. The fourth-order valence-corrected chi connectivity index (χ4v) is 8.97. The smallest absolute Gasteiger partial charge is 0.268 e. The molecule has 0 bridgehead atoms. The van der Waals surface area contributed by atoms with Gasteiger partial charge in [0.15, 0.2) is 0 Å². The molecule has 0 aliphatic heterocycles. The minimum Gasteiger partial charge on any atom is -0.756 e. The second-order valence-electron chi connectivity index (χ2n) is 21.3. The van der Waals surface area contributed by atoms with E-state index in [2.05, 4.69) is 116 Å². The molecule has 9 heteroatoms. The van der Waals surface area contributed by atoms with Crippen LogP contribution in [-0.4, -0.2) is 68.5 Å². The summed E-state index contributed by atoms with van der Waals surface area (Å²) < 4.78 is 23.3. The van der Waals surface area contributed by atoms with Crippen molar-refractivity contribution in [2.75, 3.05) is 40.9 Å². The summed E-state index contributed by atoms with van der Waals surface area (Å²) in [7, 11) is 1.20. The van der Waals surface area contributed by atoms with Crippen LogP contribution in [0, 0.1) is 0 Å². The Bertz CT molecular complexity index is 1570. The van der Waals surface area contributed by atoms with Crippen LogP contribution >= 0.6 is 7.82 Å². The van der Waals surface area contributed by atoms with Gasteiger partial charge in [0, 0.05) is 6.42 Å². The van der Waals surface area contributed by atoms with Gasteiger partial charge in [-0.05, 0) is 96.3 Å². The number of aliphatic hydroxyl groups excluding tert-OH is 1. The maximum atomic E-state index is 13.0. The number of quaternary nitrogens is 1. The first kappa shape index (κ1) is 71.2. The van der Waals surface area contributed by atoms with E-state index in [1.807, 2.05) is 27.2 Å². The molecule has 0 aromatic rings. The molecule has 0 heterocycles. The molecule has 0 rings (SSSR count). The SMILES string of the molecule is CC/C=C\C/C=C\C/C=C\C/C=C\C/C=C\C/C=C\CCCCCCC(=O)NC(COP(=O)([O-])OCC[N+](C)(C)C)C(O)/C=C/CC/C=C/CC/C=C/CCCCCCCCCCCCCCCCCCCCC. The molecule has 3 unspecified atom stereocenters. The van der Waals surface area contributed by atoms with Crippen molar-refractivity contribution in [3.05, 3.63) is 109 Å². The van der Waals surface area contributed by atoms with Crippen LogP contribution in [0.5, 0.6) is 0 Å². The molecule has 0 aromatic heterocycles. The molecular formula is C65H115N2O6P. The summed E-state index contributed by atoms with van der Waals surface area (Å²) in [4.78, 5) is 25.5. The molecule has 0 fully saturated rings. The Morgan fingerprint density at radius 3 is 1.26 bits per heavy atom. The number of hydrogen-bond donors (Lipinski definition) is 2. The van der Waals surface area contributed by atoms with Crippen LogP contribution in [0.25, 0.3) is 0 Å². The molecule has 1 amide bonds. The summed E-state index contributed by atoms with van der Waals surface area (Å²) in [5, 5.41) is 13.9. The van der Waals surface area contributed by atoms with Gasteiger partial charge < -0.3 is 28.8 Å². The Hall–Kier alpha value is -2.84. The van der Waals surface area contributed by atoms with Crippen molar-refractivity contribution < 1.29 is 32.9 Å². The number of nitrogens with one attached hydrogen (secondary N) is 1. The van der Waals surface area contributed by atoms with E-state index in [0.29, 0.717) is 23.9 Å². The van der Waals surface area contributed by atoms with Crippen LogP contribution in [-0.2, 0) is 18.4 Å². The molecule has 8 nitrogen and oxygen atoms in total. The lowest BCUT2D eigenvalue weighted by Gasteiger charge is -2.29. The van der Waals surface area contributed by atoms with Gasteiger partial charge in [0.1, 0.15) is 13.2 Å². The highest BCUT2D eigenvalue weighted by Gasteiger charge is 2.23. The summed E-state index contributed by atoms with van der Waals surface area (Å²) in [6.45, 7) is 4.49. The van der Waals surface area contributed by atoms with Gasteiger partial charge in [-0.15, -0.1) is 0 Å². The Balaban J connectivity index is 4.32. The fourth-order valence-electron chi connectivity index (χ4n) is 8.25. The molecule has 0 aromatic carbocycles. The highest BCUT2D eigenvalue weighted by atomic mass is 31.2. The number of hydrogen-bond acceptors (Lipinski definition) is 6. The van der Waals surface area contributed by atoms with E-state index < -0.39 is 26.6 Å². The van der Waals surface area contributed by atoms with Gasteiger partial charge in [0.2, 0.25) is 5.91 Å². The topological polar surface area (TPSA) is 108 Å². The number of unbranched alkanes of at least 4 members (excludes halogenated alkanes) is 25. The maximum absolute atomic E-state index is 13.0. The van der Waals surface area contributed by atoms with E-state index in [4.69, 9.17) is 9.05 Å². The molecule has 0 radical (unpaired) electrons. The van der Waals surface area contributed by atoms with Crippen LogP contribution in [0.3, 0.4) is 0 Å². The van der Waals surface area contributed by atoms with Gasteiger partial charge in [-0.3, -0.25) is 9.36 Å². The minimum atomic E-state index is -4.63. The average Bonchev–Trinajstić information content (AvgIpc) is 3.36. The Morgan fingerprint density at radius 2 is 0.838 bits per heavy atom. The number of carbonyl (C=O) groups excluding carboxylic acids is 1. The van der Waals surface area contributed by atoms with E-state index in [9.17, 15) is 19.4 Å². The third-order valence-electron chi connectivity index (χ3n) is 12.9. The molecule has 3 atom stereocenters. The lowest BCUT2D eigenvalue weighted by atomic mass is 10.0. The monoisotopic (exact) mass is 1050 g/mol. The second-order valence-corrected chi connectivity index (χ2v) is 22.7. The molecule has 2 N–H and O–H groups in total. The molecular weight excluding hydrogens is 936 g/mol. The number of likely N-dealkylation sites (N-methyl/N-ethyl adjacent to an activating group) is 1. The summed E-state index contributed by atoms with van der Waals surface area (Å²) in [6.07, 6.45) is 80.4. The highest BCUT2D eigenvalue weighted by Crippen LogP contribution is 2.38. The van der Waals surface area contributed by atoms with E-state index >= 15 is 0 Å². The molecule has 0 aliphatic rings. The third kappa shape index (κ3) is 56.9. The van der Waals surface area contributed by atoms with Crippen LogP contribution in [0.1, 0.15) is 245 Å². The number of allylic oxidation sites excluding steroid dienone is 17. The van der Waals surface area contributed by atoms with Gasteiger partial charge in [-0.25, -0.2) is 0 Å². The van der Waals surface area contributed by atoms with Crippen LogP contribution in [0.2, 0.25) is 0 Å². The van der Waals surface area contributed by atoms with Crippen LogP contribution < -0.4 is 10.2 Å². The normalized spacial score (nSPS) is 14.6. The number of aliphatic hydroxyl groups is 1. The number of nitrogens with zero attached hydrogens (tertiary/aromatic N) is 1. The first-order valence-corrected chi connectivity index (χ1v) is 31.7. The number of phosphoric ester groups is 1. The van der Waals surface area contributed by atoms with Crippen molar-refractivity contribution >= 4 is 13.7 Å². The first-order valence-electron chi connectivity index (χ1n) is 30.2. The fraction of sp³-hybridized carbons (Fsp3) is 0.708. The molecule has 426 valence electrons. The van der Waals surface area contributed by atoms with Crippen molar-refractivity contribution in [3.8, 4) is 0 Å². The second kappa shape index (κ2) is 54.9. The summed E-state index contributed by atoms with van der Waals surface area (Å²) in [6, 6.07) is -0.933. The zero-order chi connectivity index (χ0) is 54.2. The lowest BCUT2D eigenvalue weighted by molar-refractivity contribution is -0.870. The number of carbonyl (C=O) groups is 1. The molecule has 0 saturated heterocycles. The average molecular weight is 1050 g/mol. The standard InChI is InChI=1S/C65H115N2O6P/c1-6-8-10-12-14-16-18-20-22-24-26-28-30-31-32-33-34-35-37-38-40-42-44-46-48-50-52-54-56-58-64(68)63(62-73-74(70,71)72-61-60-67(3,4)5)66-65(69)59-57-55-53-51-49-47-45-43-41-39-36-29-27-25-23-21-19-17-15-13-11-9-7-2/h9,11,15,17,21,23,27,29,39-42,45,47-48,50,56,58,63-64,68H,6-8,10,12-14,16,18-20,22,24-26,28,30-38,43-44,46,49,51-55,57,59-62H2,1-5H3,(H-,66,69,70,71)/b11-9-,17-15-,23-21-,29-27-,41-39-,42-40+,47-45-,50-48+,58-56+. The summed E-state index contributed by atoms with van der Waals surface area (Å²) in [5.74, 6) is -0.239. The molecule has 0 spiro atoms. The number of amides is 1. The van der Waals surface area contributed by atoms with Crippen molar-refractivity contribution in [1.29, 1.82) is 0 Å². The Labute approximate surface area is 457 Å². The summed E-state index contributed by atoms with van der Waals surface area (Å²) >= 11 is 0. The third-order valence-corrected chi connectivity index (χ3v) is 13.9. The Kier molecular flexibility index (Phi) is 52.8. The lowest BCUT2D eigenvalue weighted by Crippen LogP contribution is -2.45. The van der Waals surface area contributed by atoms with E-state index in [-0.39, 0.29) is 12.5 Å². The zero-order valence-electron chi connectivity index (χ0n) is 48.5. The van der Waals surface area contributed by atoms with Crippen molar-refractivity contribution in [1.82, 2.24) is 5.32 Å². The number of rotatable bonds is 54. The largest absolute Gasteiger partial charge is 0.756 e. The molecule has 74 heavy (non-hydrogen) atoms. The molecule has 0 aliphatic carbocycles. The summed E-state index contributed by atoms with van der Waals surface area (Å²) in [5.41, 5.74) is 0. The van der Waals surface area contributed by atoms with Gasteiger partial charge in [-0.2, -0.15) is 0 Å². The van der Waals surface area contributed by atoms with Crippen LogP contribution in [0.15, 0.2) is 109 Å². The first-order chi connectivity index (χ1) is 36.0. The van der Waals surface area contributed by atoms with E-state index in [1.165, 1.54) is 128 Å². The molecule has 0 saturated carbocycles. The van der Waals surface area contributed by atoms with Crippen LogP contribution in [0.4, 0.5) is 0 Å². The minimum absolute atomic E-state index is 0.0205. The highest BCUT2D eigenvalue weighted by molar-refractivity contribution is 7.45. The van der Waals surface area contributed by atoms with Crippen molar-refractivity contribution in [2.45, 2.75) is 257 Å². The predicted molar refractivity (Wildman–Crippen MR) is 320 cm³/mol. The van der Waals surface area contributed by atoms with Gasteiger partial charge in [0.05, 0.1) is 39.9 Å². The van der Waals surface area contributed by atoms with Crippen molar-refractivity contribution in [3.63, 3.8) is 0 Å².